The third kappa shape index (κ3) is 3.60. The van der Waals surface area contributed by atoms with Gasteiger partial charge in [-0.25, -0.2) is 4.79 Å². The first-order chi connectivity index (χ1) is 8.88. The summed E-state index contributed by atoms with van der Waals surface area (Å²) in [7, 11) is 0. The van der Waals surface area contributed by atoms with Crippen molar-refractivity contribution in [3.8, 4) is 0 Å². The maximum absolute atomic E-state index is 11.5. The zero-order valence-electron chi connectivity index (χ0n) is 10.4. The van der Waals surface area contributed by atoms with Crippen molar-refractivity contribution < 1.29 is 19.2 Å². The number of nitro benzene ring substituents is 1. The van der Waals surface area contributed by atoms with E-state index in [1.807, 2.05) is 0 Å². The second kappa shape index (κ2) is 6.42. The minimum Gasteiger partial charge on any atom is -0.462 e. The number of benzene rings is 1. The highest BCUT2D eigenvalue weighted by atomic mass is 79.9. The molecule has 1 aromatic rings. The van der Waals surface area contributed by atoms with E-state index in [1.54, 1.807) is 6.92 Å². The number of ether oxygens (including phenoxy) is 1. The quantitative estimate of drug-likeness (QED) is 0.359. The Kier molecular flexibility index (Phi) is 5.17. The first-order valence-corrected chi connectivity index (χ1v) is 6.40. The van der Waals surface area contributed by atoms with Crippen molar-refractivity contribution in [2.24, 2.45) is 0 Å². The molecule has 0 spiro atoms. The highest BCUT2D eigenvalue weighted by molar-refractivity contribution is 9.09. The molecular formula is C12H12BrNO5. The van der Waals surface area contributed by atoms with Crippen LogP contribution in [-0.2, 0) is 9.53 Å². The van der Waals surface area contributed by atoms with Gasteiger partial charge in [0.25, 0.3) is 5.69 Å². The molecule has 0 aromatic heterocycles. The van der Waals surface area contributed by atoms with Crippen LogP contribution in [0.1, 0.15) is 34.6 Å². The maximum Gasteiger partial charge on any atom is 0.338 e. The standard InChI is InChI=1S/C12H12BrNO5/c1-3-19-12(16)8-4-5-9(11(13)7(2)15)10(6-8)14(17)18/h4-6,11H,3H2,1-2H3. The van der Waals surface area contributed by atoms with Crippen molar-refractivity contribution >= 4 is 33.4 Å². The number of hydrogen-bond acceptors (Lipinski definition) is 5. The molecule has 0 heterocycles. The molecule has 0 amide bonds. The predicted molar refractivity (Wildman–Crippen MR) is 71.4 cm³/mol. The molecule has 0 bridgehead atoms. The van der Waals surface area contributed by atoms with Gasteiger partial charge in [-0.2, -0.15) is 0 Å². The average molecular weight is 330 g/mol. The molecule has 1 aromatic carbocycles. The van der Waals surface area contributed by atoms with Gasteiger partial charge >= 0.3 is 5.97 Å². The lowest BCUT2D eigenvalue weighted by atomic mass is 10.0. The van der Waals surface area contributed by atoms with Crippen LogP contribution in [-0.4, -0.2) is 23.3 Å². The second-order valence-electron chi connectivity index (χ2n) is 3.72. The lowest BCUT2D eigenvalue weighted by molar-refractivity contribution is -0.385. The minimum absolute atomic E-state index is 0.0838. The Hall–Kier alpha value is -1.76. The molecule has 0 saturated carbocycles. The first-order valence-electron chi connectivity index (χ1n) is 5.48. The molecule has 1 rings (SSSR count). The molecule has 6 nitrogen and oxygen atoms in total. The van der Waals surface area contributed by atoms with Crippen molar-refractivity contribution in [1.29, 1.82) is 0 Å². The minimum atomic E-state index is -0.774. The highest BCUT2D eigenvalue weighted by Gasteiger charge is 2.25. The number of carbonyl (C=O) groups is 2. The lowest BCUT2D eigenvalue weighted by Crippen LogP contribution is -2.09. The number of carbonyl (C=O) groups excluding carboxylic acids is 2. The Morgan fingerprint density at radius 2 is 2.11 bits per heavy atom. The van der Waals surface area contributed by atoms with Crippen LogP contribution >= 0.6 is 15.9 Å². The monoisotopic (exact) mass is 329 g/mol. The molecule has 0 saturated heterocycles. The van der Waals surface area contributed by atoms with Crippen LogP contribution in [0.4, 0.5) is 5.69 Å². The molecule has 0 radical (unpaired) electrons. The van der Waals surface area contributed by atoms with Gasteiger partial charge in [-0.05, 0) is 26.0 Å². The van der Waals surface area contributed by atoms with Gasteiger partial charge in [0, 0.05) is 6.07 Å². The molecule has 19 heavy (non-hydrogen) atoms. The Labute approximate surface area is 118 Å². The van der Waals surface area contributed by atoms with Crippen LogP contribution < -0.4 is 0 Å². The van der Waals surface area contributed by atoms with E-state index in [2.05, 4.69) is 15.9 Å². The van der Waals surface area contributed by atoms with Gasteiger partial charge in [0.1, 0.15) is 10.6 Å². The lowest BCUT2D eigenvalue weighted by Gasteiger charge is -2.08. The van der Waals surface area contributed by atoms with Crippen LogP contribution in [0.3, 0.4) is 0 Å². The van der Waals surface area contributed by atoms with Gasteiger partial charge < -0.3 is 4.74 Å². The second-order valence-corrected chi connectivity index (χ2v) is 4.64. The van der Waals surface area contributed by atoms with Crippen LogP contribution in [0.5, 0.6) is 0 Å². The fourth-order valence-corrected chi connectivity index (χ4v) is 1.86. The average Bonchev–Trinajstić information content (AvgIpc) is 2.37. The van der Waals surface area contributed by atoms with Crippen molar-refractivity contribution in [3.63, 3.8) is 0 Å². The molecule has 0 aliphatic rings. The molecule has 102 valence electrons. The van der Waals surface area contributed by atoms with E-state index in [0.29, 0.717) is 0 Å². The van der Waals surface area contributed by atoms with E-state index in [-0.39, 0.29) is 29.2 Å². The van der Waals surface area contributed by atoms with Gasteiger partial charge in [0.05, 0.1) is 22.7 Å². The summed E-state index contributed by atoms with van der Waals surface area (Å²) in [5.74, 6) is -0.891. The van der Waals surface area contributed by atoms with E-state index in [0.717, 1.165) is 6.07 Å². The maximum atomic E-state index is 11.5. The topological polar surface area (TPSA) is 86.5 Å². The number of rotatable bonds is 5. The molecule has 7 heteroatoms. The molecule has 1 atom stereocenters. The Balaban J connectivity index is 3.26. The van der Waals surface area contributed by atoms with Crippen molar-refractivity contribution in [1.82, 2.24) is 0 Å². The van der Waals surface area contributed by atoms with Crippen LogP contribution in [0.25, 0.3) is 0 Å². The molecule has 0 aliphatic carbocycles. The predicted octanol–water partition coefficient (Wildman–Crippen LogP) is 2.80. The fourth-order valence-electron chi connectivity index (χ4n) is 1.48. The van der Waals surface area contributed by atoms with Crippen molar-refractivity contribution in [2.75, 3.05) is 6.61 Å². The smallest absolute Gasteiger partial charge is 0.338 e. The third-order valence-electron chi connectivity index (χ3n) is 2.37. The van der Waals surface area contributed by atoms with Crippen molar-refractivity contribution in [2.45, 2.75) is 18.7 Å². The van der Waals surface area contributed by atoms with E-state index in [4.69, 9.17) is 4.74 Å². The summed E-state index contributed by atoms with van der Waals surface area (Å²) in [5, 5.41) is 11.0. The number of ketones is 1. The normalized spacial score (nSPS) is 11.7. The van der Waals surface area contributed by atoms with Gasteiger partial charge in [-0.3, -0.25) is 14.9 Å². The van der Waals surface area contributed by atoms with E-state index in [9.17, 15) is 19.7 Å². The van der Waals surface area contributed by atoms with E-state index < -0.39 is 15.7 Å². The fraction of sp³-hybridized carbons (Fsp3) is 0.333. The van der Waals surface area contributed by atoms with E-state index >= 15 is 0 Å². The summed E-state index contributed by atoms with van der Waals surface area (Å²) in [6.45, 7) is 3.15. The van der Waals surface area contributed by atoms with Crippen LogP contribution in [0.15, 0.2) is 18.2 Å². The number of Topliss-reactive ketones (excluding diaryl/α,β-unsaturated/α-hetero) is 1. The Morgan fingerprint density at radius 1 is 1.47 bits per heavy atom. The summed E-state index contributed by atoms with van der Waals surface area (Å²) in [6, 6.07) is 3.90. The SMILES string of the molecule is CCOC(=O)c1ccc(C(Br)C(C)=O)c([N+](=O)[O-])c1. The number of hydrogen-bond donors (Lipinski definition) is 0. The first kappa shape index (κ1) is 15.3. The van der Waals surface area contributed by atoms with Gasteiger partial charge in [-0.15, -0.1) is 0 Å². The summed E-state index contributed by atoms with van der Waals surface area (Å²) < 4.78 is 4.77. The molecule has 0 N–H and O–H groups in total. The summed E-state index contributed by atoms with van der Waals surface area (Å²) >= 11 is 3.09. The number of halogens is 1. The number of nitrogens with zero attached hydrogens (tertiary/aromatic N) is 1. The zero-order chi connectivity index (χ0) is 14.6. The largest absolute Gasteiger partial charge is 0.462 e. The molecular weight excluding hydrogens is 318 g/mol. The number of nitro groups is 1. The van der Waals surface area contributed by atoms with Crippen LogP contribution in [0.2, 0.25) is 0 Å². The zero-order valence-corrected chi connectivity index (χ0v) is 12.0. The molecule has 0 aliphatic heterocycles. The summed E-state index contributed by atoms with van der Waals surface area (Å²) in [4.78, 5) is 32.4. The van der Waals surface area contributed by atoms with Gasteiger partial charge in [0.15, 0.2) is 0 Å². The summed E-state index contributed by atoms with van der Waals surface area (Å²) in [5.41, 5.74) is 0.00808. The summed E-state index contributed by atoms with van der Waals surface area (Å²) in [6.07, 6.45) is 0. The van der Waals surface area contributed by atoms with E-state index in [1.165, 1.54) is 19.1 Å². The Bertz CT molecular complexity index is 529. The third-order valence-corrected chi connectivity index (χ3v) is 3.51. The number of alkyl halides is 1. The Morgan fingerprint density at radius 3 is 2.58 bits per heavy atom. The van der Waals surface area contributed by atoms with Crippen LogP contribution in [0, 0.1) is 10.1 Å². The number of esters is 1. The highest BCUT2D eigenvalue weighted by Crippen LogP contribution is 2.32. The van der Waals surface area contributed by atoms with Gasteiger partial charge in [0.2, 0.25) is 0 Å². The van der Waals surface area contributed by atoms with Gasteiger partial charge in [-0.1, -0.05) is 15.9 Å². The molecule has 1 unspecified atom stereocenters. The molecule has 0 fully saturated rings. The van der Waals surface area contributed by atoms with Crippen molar-refractivity contribution in [3.05, 3.63) is 39.4 Å².